The fraction of sp³-hybridized carbons (Fsp3) is 0.556. The first-order valence-corrected chi connectivity index (χ1v) is 8.63. The average Bonchev–Trinajstić information content (AvgIpc) is 2.62. The summed E-state index contributed by atoms with van der Waals surface area (Å²) < 4.78 is 10.6. The van der Waals surface area contributed by atoms with E-state index in [1.807, 2.05) is 24.3 Å². The smallest absolute Gasteiger partial charge is 0.409 e. The van der Waals surface area contributed by atoms with Gasteiger partial charge in [-0.25, -0.2) is 4.79 Å². The second-order valence-electron chi connectivity index (χ2n) is 6.20. The van der Waals surface area contributed by atoms with Gasteiger partial charge in [-0.1, -0.05) is 18.2 Å². The number of ether oxygens (including phenoxy) is 2. The highest BCUT2D eigenvalue weighted by Crippen LogP contribution is 2.33. The van der Waals surface area contributed by atoms with Crippen LogP contribution in [-0.2, 0) is 9.53 Å². The lowest BCUT2D eigenvalue weighted by Gasteiger charge is -2.33. The molecule has 0 aliphatic carbocycles. The SMILES string of the molecule is CCOC(=O)N1CCC(NC(=O)C2CCOc3ccccc32)CC1. The maximum Gasteiger partial charge on any atom is 0.409 e. The van der Waals surface area contributed by atoms with Gasteiger partial charge in [-0.2, -0.15) is 0 Å². The maximum atomic E-state index is 12.7. The van der Waals surface area contributed by atoms with E-state index in [-0.39, 0.29) is 24.0 Å². The summed E-state index contributed by atoms with van der Waals surface area (Å²) in [7, 11) is 0. The van der Waals surface area contributed by atoms with Crippen molar-refractivity contribution in [2.45, 2.75) is 38.1 Å². The molecule has 1 N–H and O–H groups in total. The first-order chi connectivity index (χ1) is 11.7. The molecule has 2 amide bonds. The van der Waals surface area contributed by atoms with Crippen LogP contribution in [0.5, 0.6) is 5.75 Å². The molecule has 6 nitrogen and oxygen atoms in total. The molecule has 0 aromatic heterocycles. The van der Waals surface area contributed by atoms with E-state index in [1.165, 1.54) is 0 Å². The van der Waals surface area contributed by atoms with Crippen LogP contribution in [0.1, 0.15) is 37.7 Å². The van der Waals surface area contributed by atoms with Gasteiger partial charge in [-0.15, -0.1) is 0 Å². The van der Waals surface area contributed by atoms with Crippen LogP contribution in [0.2, 0.25) is 0 Å². The molecule has 0 saturated carbocycles. The van der Waals surface area contributed by atoms with Crippen LogP contribution in [0.15, 0.2) is 24.3 Å². The van der Waals surface area contributed by atoms with Crippen molar-refractivity contribution in [3.8, 4) is 5.75 Å². The third-order valence-corrected chi connectivity index (χ3v) is 4.64. The van der Waals surface area contributed by atoms with Gasteiger partial charge in [-0.05, 0) is 32.3 Å². The molecule has 2 heterocycles. The second kappa shape index (κ2) is 7.55. The van der Waals surface area contributed by atoms with Gasteiger partial charge < -0.3 is 19.7 Å². The molecule has 2 aliphatic heterocycles. The number of likely N-dealkylation sites (tertiary alicyclic amines) is 1. The van der Waals surface area contributed by atoms with Crippen LogP contribution >= 0.6 is 0 Å². The Hall–Kier alpha value is -2.24. The van der Waals surface area contributed by atoms with Gasteiger partial charge in [0.15, 0.2) is 0 Å². The molecular formula is C18H24N2O4. The van der Waals surface area contributed by atoms with Gasteiger partial charge in [0.1, 0.15) is 5.75 Å². The first kappa shape index (κ1) is 16.6. The van der Waals surface area contributed by atoms with E-state index in [0.717, 1.165) is 24.2 Å². The third-order valence-electron chi connectivity index (χ3n) is 4.64. The van der Waals surface area contributed by atoms with Crippen molar-refractivity contribution in [1.82, 2.24) is 10.2 Å². The Kier molecular flexibility index (Phi) is 5.23. The lowest BCUT2D eigenvalue weighted by molar-refractivity contribution is -0.124. The molecular weight excluding hydrogens is 308 g/mol. The summed E-state index contributed by atoms with van der Waals surface area (Å²) in [5.74, 6) is 0.708. The Balaban J connectivity index is 1.55. The van der Waals surface area contributed by atoms with Crippen molar-refractivity contribution in [3.63, 3.8) is 0 Å². The standard InChI is InChI=1S/C18H24N2O4/c1-2-23-18(22)20-10-7-13(8-11-20)19-17(21)15-9-12-24-16-6-4-3-5-14(15)16/h3-6,13,15H,2,7-12H2,1H3,(H,19,21). The van der Waals surface area contributed by atoms with Crippen LogP contribution in [-0.4, -0.2) is 49.2 Å². The molecule has 130 valence electrons. The molecule has 6 heteroatoms. The Labute approximate surface area is 142 Å². The molecule has 0 spiro atoms. The van der Waals surface area contributed by atoms with Gasteiger partial charge in [0.25, 0.3) is 0 Å². The van der Waals surface area contributed by atoms with Gasteiger partial charge in [0.2, 0.25) is 5.91 Å². The Bertz CT molecular complexity index is 596. The van der Waals surface area contributed by atoms with Gasteiger partial charge in [-0.3, -0.25) is 4.79 Å². The number of benzene rings is 1. The van der Waals surface area contributed by atoms with E-state index < -0.39 is 0 Å². The van der Waals surface area contributed by atoms with Crippen LogP contribution < -0.4 is 10.1 Å². The number of carbonyl (C=O) groups is 2. The van der Waals surface area contributed by atoms with Crippen molar-refractivity contribution in [1.29, 1.82) is 0 Å². The third kappa shape index (κ3) is 3.63. The highest BCUT2D eigenvalue weighted by molar-refractivity contribution is 5.85. The van der Waals surface area contributed by atoms with Crippen molar-refractivity contribution in [2.75, 3.05) is 26.3 Å². The van der Waals surface area contributed by atoms with Crippen molar-refractivity contribution in [3.05, 3.63) is 29.8 Å². The minimum absolute atomic E-state index is 0.0559. The number of para-hydroxylation sites is 1. The summed E-state index contributed by atoms with van der Waals surface area (Å²) in [6.45, 7) is 3.99. The largest absolute Gasteiger partial charge is 0.493 e. The van der Waals surface area contributed by atoms with Crippen molar-refractivity contribution >= 4 is 12.0 Å². The molecule has 1 fully saturated rings. The summed E-state index contributed by atoms with van der Waals surface area (Å²) in [6, 6.07) is 7.84. The second-order valence-corrected chi connectivity index (χ2v) is 6.20. The zero-order chi connectivity index (χ0) is 16.9. The van der Waals surface area contributed by atoms with Crippen molar-refractivity contribution in [2.24, 2.45) is 0 Å². The molecule has 3 rings (SSSR count). The molecule has 1 unspecified atom stereocenters. The Morgan fingerprint density at radius 3 is 2.75 bits per heavy atom. The minimum atomic E-state index is -0.263. The van der Waals surface area contributed by atoms with E-state index >= 15 is 0 Å². The minimum Gasteiger partial charge on any atom is -0.493 e. The van der Waals surface area contributed by atoms with Gasteiger partial charge in [0.05, 0.1) is 19.1 Å². The molecule has 1 atom stereocenters. The number of nitrogens with one attached hydrogen (secondary N) is 1. The quantitative estimate of drug-likeness (QED) is 0.922. The Morgan fingerprint density at radius 1 is 1.25 bits per heavy atom. The fourth-order valence-corrected chi connectivity index (χ4v) is 3.34. The zero-order valence-corrected chi connectivity index (χ0v) is 14.0. The molecule has 0 bridgehead atoms. The number of nitrogens with zero attached hydrogens (tertiary/aromatic N) is 1. The maximum absolute atomic E-state index is 12.7. The molecule has 24 heavy (non-hydrogen) atoms. The average molecular weight is 332 g/mol. The van der Waals surface area contributed by atoms with Crippen molar-refractivity contribution < 1.29 is 19.1 Å². The molecule has 1 saturated heterocycles. The number of amides is 2. The molecule has 1 aromatic rings. The predicted molar refractivity (Wildman–Crippen MR) is 89.1 cm³/mol. The van der Waals surface area contributed by atoms with Crippen LogP contribution in [0.25, 0.3) is 0 Å². The predicted octanol–water partition coefficient (Wildman–Crippen LogP) is 2.29. The lowest BCUT2D eigenvalue weighted by atomic mass is 9.91. The van der Waals surface area contributed by atoms with Gasteiger partial charge in [0, 0.05) is 24.7 Å². The van der Waals surface area contributed by atoms with Gasteiger partial charge >= 0.3 is 6.09 Å². The molecule has 2 aliphatic rings. The number of piperidine rings is 1. The zero-order valence-electron chi connectivity index (χ0n) is 14.0. The fourth-order valence-electron chi connectivity index (χ4n) is 3.34. The monoisotopic (exact) mass is 332 g/mol. The highest BCUT2D eigenvalue weighted by Gasteiger charge is 2.30. The van der Waals surface area contributed by atoms with Crippen LogP contribution in [0.3, 0.4) is 0 Å². The lowest BCUT2D eigenvalue weighted by Crippen LogP contribution is -2.48. The summed E-state index contributed by atoms with van der Waals surface area (Å²) in [4.78, 5) is 26.1. The number of rotatable bonds is 3. The number of carbonyl (C=O) groups excluding carboxylic acids is 2. The Morgan fingerprint density at radius 2 is 2.00 bits per heavy atom. The van der Waals surface area contributed by atoms with Crippen LogP contribution in [0, 0.1) is 0 Å². The summed E-state index contributed by atoms with van der Waals surface area (Å²) in [5.41, 5.74) is 0.963. The summed E-state index contributed by atoms with van der Waals surface area (Å²) >= 11 is 0. The normalized spacial score (nSPS) is 20.7. The van der Waals surface area contributed by atoms with Crippen LogP contribution in [0.4, 0.5) is 4.79 Å². The number of hydrogen-bond donors (Lipinski definition) is 1. The number of fused-ring (bicyclic) bond motifs is 1. The highest BCUT2D eigenvalue weighted by atomic mass is 16.6. The molecule has 0 radical (unpaired) electrons. The van der Waals surface area contributed by atoms with E-state index in [2.05, 4.69) is 5.32 Å². The number of hydrogen-bond acceptors (Lipinski definition) is 4. The van der Waals surface area contributed by atoms with E-state index in [4.69, 9.17) is 9.47 Å². The first-order valence-electron chi connectivity index (χ1n) is 8.63. The summed E-state index contributed by atoms with van der Waals surface area (Å²) in [5, 5.41) is 3.15. The van der Waals surface area contributed by atoms with E-state index in [0.29, 0.717) is 32.7 Å². The summed E-state index contributed by atoms with van der Waals surface area (Å²) in [6.07, 6.45) is 1.95. The van der Waals surface area contributed by atoms with E-state index in [9.17, 15) is 9.59 Å². The van der Waals surface area contributed by atoms with E-state index in [1.54, 1.807) is 11.8 Å². The molecule has 1 aromatic carbocycles. The topological polar surface area (TPSA) is 67.9 Å².